The third-order valence-corrected chi connectivity index (χ3v) is 3.92. The summed E-state index contributed by atoms with van der Waals surface area (Å²) in [7, 11) is 0. The van der Waals surface area contributed by atoms with Crippen molar-refractivity contribution in [2.75, 3.05) is 0 Å². The lowest BCUT2D eigenvalue weighted by Gasteiger charge is -2.04. The number of aromatic nitrogens is 2. The van der Waals surface area contributed by atoms with Gasteiger partial charge in [0.25, 0.3) is 0 Å². The Hall–Kier alpha value is -1.68. The largest absolute Gasteiger partial charge is 0.339 e. The summed E-state index contributed by atoms with van der Waals surface area (Å²) in [5, 5.41) is 4.53. The minimum absolute atomic E-state index is 0.177. The highest BCUT2D eigenvalue weighted by molar-refractivity contribution is 6.30. The Morgan fingerprint density at radius 3 is 2.90 bits per heavy atom. The lowest BCUT2D eigenvalue weighted by molar-refractivity contribution is -0.122. The number of carbonyl (C=O) groups is 1. The molecule has 0 atom stereocenters. The molecule has 0 amide bonds. The highest BCUT2D eigenvalue weighted by Crippen LogP contribution is 2.27. The molecule has 3 rings (SSSR count). The second kappa shape index (κ2) is 5.75. The number of hydrogen-bond donors (Lipinski definition) is 0. The lowest BCUT2D eigenvalue weighted by Crippen LogP contribution is -2.13. The topological polar surface area (TPSA) is 56.0 Å². The number of rotatable bonds is 4. The number of Topliss-reactive ketones (excluding diaryl/α,β-unsaturated/α-hetero) is 1. The number of benzene rings is 1. The van der Waals surface area contributed by atoms with E-state index in [-0.39, 0.29) is 18.1 Å². The monoisotopic (exact) mass is 290 g/mol. The molecule has 5 heteroatoms. The van der Waals surface area contributed by atoms with Crippen LogP contribution in [0.5, 0.6) is 0 Å². The molecule has 0 N–H and O–H groups in total. The maximum atomic E-state index is 12.1. The third kappa shape index (κ3) is 2.90. The zero-order valence-electron chi connectivity index (χ0n) is 11.0. The zero-order valence-corrected chi connectivity index (χ0v) is 11.8. The fourth-order valence-corrected chi connectivity index (χ4v) is 2.80. The number of ketones is 1. The van der Waals surface area contributed by atoms with Gasteiger partial charge in [-0.15, -0.1) is 0 Å². The van der Waals surface area contributed by atoms with Gasteiger partial charge >= 0.3 is 0 Å². The van der Waals surface area contributed by atoms with E-state index < -0.39 is 0 Å². The van der Waals surface area contributed by atoms with Crippen molar-refractivity contribution in [3.05, 3.63) is 35.2 Å². The summed E-state index contributed by atoms with van der Waals surface area (Å²) < 4.78 is 5.16. The predicted octanol–water partition coefficient (Wildman–Crippen LogP) is 3.69. The Morgan fingerprint density at radius 1 is 1.35 bits per heavy atom. The highest BCUT2D eigenvalue weighted by atomic mass is 35.5. The Kier molecular flexibility index (Phi) is 3.83. The first-order valence-corrected chi connectivity index (χ1v) is 7.21. The van der Waals surface area contributed by atoms with Gasteiger partial charge in [-0.3, -0.25) is 4.79 Å². The molecule has 1 aliphatic rings. The van der Waals surface area contributed by atoms with Crippen LogP contribution in [-0.4, -0.2) is 15.9 Å². The maximum Gasteiger partial charge on any atom is 0.234 e. The molecule has 20 heavy (non-hydrogen) atoms. The molecule has 0 spiro atoms. The Bertz CT molecular complexity index is 618. The summed E-state index contributed by atoms with van der Waals surface area (Å²) in [5.74, 6) is 1.25. The van der Waals surface area contributed by atoms with Gasteiger partial charge < -0.3 is 4.52 Å². The molecule has 1 heterocycles. The van der Waals surface area contributed by atoms with Crippen molar-refractivity contribution in [1.29, 1.82) is 0 Å². The normalized spacial score (nSPS) is 15.7. The lowest BCUT2D eigenvalue weighted by atomic mass is 10.0. The summed E-state index contributed by atoms with van der Waals surface area (Å²) in [6.07, 6.45) is 4.52. The van der Waals surface area contributed by atoms with Crippen molar-refractivity contribution >= 4 is 17.4 Å². The van der Waals surface area contributed by atoms with Gasteiger partial charge in [0.05, 0.1) is 6.42 Å². The minimum atomic E-state index is 0.177. The van der Waals surface area contributed by atoms with Gasteiger partial charge in [0, 0.05) is 16.5 Å². The number of carbonyl (C=O) groups excluding carboxylic acids is 1. The number of hydrogen-bond acceptors (Lipinski definition) is 4. The van der Waals surface area contributed by atoms with E-state index in [1.54, 1.807) is 12.1 Å². The second-order valence-corrected chi connectivity index (χ2v) is 5.58. The van der Waals surface area contributed by atoms with Crippen LogP contribution >= 0.6 is 11.6 Å². The van der Waals surface area contributed by atoms with Crippen molar-refractivity contribution in [2.24, 2.45) is 5.92 Å². The first-order valence-electron chi connectivity index (χ1n) is 6.83. The van der Waals surface area contributed by atoms with Gasteiger partial charge in [0.15, 0.2) is 0 Å². The Morgan fingerprint density at radius 2 is 2.15 bits per heavy atom. The van der Waals surface area contributed by atoms with Gasteiger partial charge in [-0.1, -0.05) is 41.7 Å². The molecule has 4 nitrogen and oxygen atoms in total. The van der Waals surface area contributed by atoms with Crippen LogP contribution in [0.15, 0.2) is 28.8 Å². The van der Waals surface area contributed by atoms with Crippen molar-refractivity contribution in [3.8, 4) is 11.4 Å². The number of halogens is 1. The van der Waals surface area contributed by atoms with Gasteiger partial charge in [-0.25, -0.2) is 0 Å². The van der Waals surface area contributed by atoms with Crippen molar-refractivity contribution < 1.29 is 9.32 Å². The van der Waals surface area contributed by atoms with E-state index in [0.717, 1.165) is 31.2 Å². The molecule has 1 aromatic carbocycles. The van der Waals surface area contributed by atoms with Gasteiger partial charge in [-0.2, -0.15) is 4.98 Å². The van der Waals surface area contributed by atoms with E-state index in [9.17, 15) is 4.79 Å². The summed E-state index contributed by atoms with van der Waals surface area (Å²) in [4.78, 5) is 16.3. The average molecular weight is 291 g/mol. The van der Waals surface area contributed by atoms with Crippen molar-refractivity contribution in [1.82, 2.24) is 10.1 Å². The molecule has 104 valence electrons. The summed E-state index contributed by atoms with van der Waals surface area (Å²) >= 11 is 5.93. The zero-order chi connectivity index (χ0) is 13.9. The van der Waals surface area contributed by atoms with E-state index in [2.05, 4.69) is 10.1 Å². The van der Waals surface area contributed by atoms with E-state index >= 15 is 0 Å². The van der Waals surface area contributed by atoms with E-state index in [1.165, 1.54) is 0 Å². The molecule has 1 aliphatic carbocycles. The van der Waals surface area contributed by atoms with E-state index in [1.807, 2.05) is 12.1 Å². The Labute approximate surface area is 122 Å². The van der Waals surface area contributed by atoms with Crippen LogP contribution in [0, 0.1) is 5.92 Å². The molecule has 0 unspecified atom stereocenters. The highest BCUT2D eigenvalue weighted by Gasteiger charge is 2.24. The van der Waals surface area contributed by atoms with E-state index in [0.29, 0.717) is 16.7 Å². The molecule has 1 fully saturated rings. The summed E-state index contributed by atoms with van der Waals surface area (Å²) in [6, 6.07) is 7.25. The molecule has 1 saturated carbocycles. The van der Waals surface area contributed by atoms with Crippen LogP contribution in [0.1, 0.15) is 31.6 Å². The summed E-state index contributed by atoms with van der Waals surface area (Å²) in [6.45, 7) is 0. The third-order valence-electron chi connectivity index (χ3n) is 3.69. The van der Waals surface area contributed by atoms with Crippen LogP contribution in [0.4, 0.5) is 0 Å². The molecule has 2 aromatic rings. The fourth-order valence-electron chi connectivity index (χ4n) is 2.61. The Balaban J connectivity index is 1.72. The quantitative estimate of drug-likeness (QED) is 0.861. The smallest absolute Gasteiger partial charge is 0.234 e. The van der Waals surface area contributed by atoms with Crippen LogP contribution in [0.3, 0.4) is 0 Å². The maximum absolute atomic E-state index is 12.1. The summed E-state index contributed by atoms with van der Waals surface area (Å²) in [5.41, 5.74) is 0.792. The molecule has 0 bridgehead atoms. The van der Waals surface area contributed by atoms with Crippen LogP contribution in [-0.2, 0) is 11.2 Å². The first-order chi connectivity index (χ1) is 9.72. The van der Waals surface area contributed by atoms with Gasteiger partial charge in [0.2, 0.25) is 11.7 Å². The second-order valence-electron chi connectivity index (χ2n) is 5.15. The average Bonchev–Trinajstić information content (AvgIpc) is 3.10. The predicted molar refractivity (Wildman–Crippen MR) is 75.4 cm³/mol. The standard InChI is InChI=1S/C15H15ClN2O2/c16-12-7-3-6-11(8-12)15-17-14(20-18-15)9-13(19)10-4-1-2-5-10/h3,6-8,10H,1-2,4-5,9H2. The first kappa shape index (κ1) is 13.3. The molecular formula is C15H15ClN2O2. The molecular weight excluding hydrogens is 276 g/mol. The number of nitrogens with zero attached hydrogens (tertiary/aromatic N) is 2. The van der Waals surface area contributed by atoms with E-state index in [4.69, 9.17) is 16.1 Å². The SMILES string of the molecule is O=C(Cc1nc(-c2cccc(Cl)c2)no1)C1CCCC1. The van der Waals surface area contributed by atoms with Gasteiger partial charge in [-0.05, 0) is 25.0 Å². The van der Waals surface area contributed by atoms with Crippen LogP contribution in [0.2, 0.25) is 5.02 Å². The fraction of sp³-hybridized carbons (Fsp3) is 0.400. The van der Waals surface area contributed by atoms with Crippen LogP contribution in [0.25, 0.3) is 11.4 Å². The van der Waals surface area contributed by atoms with Crippen molar-refractivity contribution in [3.63, 3.8) is 0 Å². The minimum Gasteiger partial charge on any atom is -0.339 e. The van der Waals surface area contributed by atoms with Gasteiger partial charge in [0.1, 0.15) is 5.78 Å². The molecule has 1 aromatic heterocycles. The molecule has 0 saturated heterocycles. The molecule has 0 aliphatic heterocycles. The van der Waals surface area contributed by atoms with Crippen molar-refractivity contribution in [2.45, 2.75) is 32.1 Å². The van der Waals surface area contributed by atoms with Crippen LogP contribution < -0.4 is 0 Å². The molecule has 0 radical (unpaired) electrons.